The summed E-state index contributed by atoms with van der Waals surface area (Å²) >= 11 is 0. The molecule has 2 aliphatic rings. The Hall–Kier alpha value is -0.240. The number of hydrogen-bond acceptors (Lipinski definition) is 6. The molecule has 5 atom stereocenters. The molecule has 2 rings (SSSR count). The lowest BCUT2D eigenvalue weighted by molar-refractivity contribution is -0.215. The highest BCUT2D eigenvalue weighted by atomic mass is 16.8. The molecule has 88 valence electrons. The zero-order valence-corrected chi connectivity index (χ0v) is 8.92. The lowest BCUT2D eigenvalue weighted by atomic mass is 10.0. The Labute approximate surface area is 88.5 Å². The maximum atomic E-state index is 9.57. The first-order chi connectivity index (χ1) is 6.94. The van der Waals surface area contributed by atoms with Gasteiger partial charge in [-0.2, -0.15) is 0 Å². The van der Waals surface area contributed by atoms with Crippen LogP contribution in [0.1, 0.15) is 13.8 Å². The second-order valence-electron chi connectivity index (χ2n) is 4.45. The average molecular weight is 218 g/mol. The molecule has 0 aromatic rings. The second kappa shape index (κ2) is 3.65. The van der Waals surface area contributed by atoms with Gasteiger partial charge in [0.05, 0.1) is 12.1 Å². The quantitative estimate of drug-likeness (QED) is 0.522. The minimum atomic E-state index is -0.777. The van der Waals surface area contributed by atoms with Crippen LogP contribution in [0.15, 0.2) is 0 Å². The molecule has 0 aromatic heterocycles. The normalized spacial score (nSPS) is 45.4. The first-order valence-electron chi connectivity index (χ1n) is 5.09. The van der Waals surface area contributed by atoms with Crippen molar-refractivity contribution in [2.24, 2.45) is 11.5 Å². The van der Waals surface area contributed by atoms with Crippen LogP contribution in [0.4, 0.5) is 0 Å². The monoisotopic (exact) mass is 218 g/mol. The fourth-order valence-corrected chi connectivity index (χ4v) is 2.04. The van der Waals surface area contributed by atoms with Crippen LogP contribution in [-0.4, -0.2) is 48.1 Å². The van der Waals surface area contributed by atoms with Gasteiger partial charge in [0.25, 0.3) is 0 Å². The van der Waals surface area contributed by atoms with Gasteiger partial charge in [-0.1, -0.05) is 0 Å². The highest BCUT2D eigenvalue weighted by Gasteiger charge is 2.54. The van der Waals surface area contributed by atoms with Gasteiger partial charge in [0.15, 0.2) is 12.1 Å². The van der Waals surface area contributed by atoms with E-state index in [1.165, 1.54) is 0 Å². The Bertz CT molecular complexity index is 248. The molecule has 15 heavy (non-hydrogen) atoms. The number of hydrogen-bond donors (Lipinski definition) is 3. The van der Waals surface area contributed by atoms with Gasteiger partial charge in [-0.25, -0.2) is 0 Å². The van der Waals surface area contributed by atoms with E-state index in [4.69, 9.17) is 25.7 Å². The fourth-order valence-electron chi connectivity index (χ4n) is 2.04. The van der Waals surface area contributed by atoms with E-state index >= 15 is 0 Å². The van der Waals surface area contributed by atoms with Gasteiger partial charge < -0.3 is 30.8 Å². The van der Waals surface area contributed by atoms with E-state index in [0.29, 0.717) is 0 Å². The van der Waals surface area contributed by atoms with Crippen LogP contribution >= 0.6 is 0 Å². The summed E-state index contributed by atoms with van der Waals surface area (Å²) in [5.41, 5.74) is 11.3. The van der Waals surface area contributed by atoms with Gasteiger partial charge in [0.2, 0.25) is 0 Å². The largest absolute Gasteiger partial charge is 0.389 e. The minimum Gasteiger partial charge on any atom is -0.389 e. The molecule has 5 N–H and O–H groups in total. The summed E-state index contributed by atoms with van der Waals surface area (Å²) in [5.74, 6) is -0.675. The van der Waals surface area contributed by atoms with E-state index in [-0.39, 0.29) is 12.6 Å². The van der Waals surface area contributed by atoms with Crippen molar-refractivity contribution in [2.45, 2.75) is 50.3 Å². The van der Waals surface area contributed by atoms with Crippen molar-refractivity contribution in [3.05, 3.63) is 0 Å². The van der Waals surface area contributed by atoms with Crippen molar-refractivity contribution in [1.29, 1.82) is 0 Å². The van der Waals surface area contributed by atoms with Crippen LogP contribution in [0.5, 0.6) is 0 Å². The van der Waals surface area contributed by atoms with Gasteiger partial charge >= 0.3 is 0 Å². The summed E-state index contributed by atoms with van der Waals surface area (Å²) in [6.07, 6.45) is -2.12. The summed E-state index contributed by atoms with van der Waals surface area (Å²) < 4.78 is 16.6. The number of fused-ring (bicyclic) bond motifs is 1. The van der Waals surface area contributed by atoms with Crippen LogP contribution in [-0.2, 0) is 14.2 Å². The van der Waals surface area contributed by atoms with E-state index in [2.05, 4.69) is 0 Å². The van der Waals surface area contributed by atoms with Crippen molar-refractivity contribution in [3.8, 4) is 0 Å². The third-order valence-corrected chi connectivity index (χ3v) is 2.76. The maximum absolute atomic E-state index is 9.57. The summed E-state index contributed by atoms with van der Waals surface area (Å²) in [4.78, 5) is 0. The number of aliphatic hydroxyl groups is 1. The zero-order chi connectivity index (χ0) is 11.2. The Morgan fingerprint density at radius 2 is 2.07 bits per heavy atom. The van der Waals surface area contributed by atoms with E-state index in [9.17, 15) is 5.11 Å². The molecule has 2 saturated heterocycles. The molecule has 0 aromatic carbocycles. The van der Waals surface area contributed by atoms with E-state index < -0.39 is 30.3 Å². The minimum absolute atomic E-state index is 0.112. The highest BCUT2D eigenvalue weighted by molar-refractivity contribution is 4.98. The molecule has 2 fully saturated rings. The predicted octanol–water partition coefficient (Wildman–Crippen LogP) is -1.49. The fraction of sp³-hybridized carbons (Fsp3) is 1.00. The lowest BCUT2D eigenvalue weighted by Crippen LogP contribution is -2.48. The molecule has 2 aliphatic heterocycles. The van der Waals surface area contributed by atoms with Crippen LogP contribution in [0.3, 0.4) is 0 Å². The molecule has 0 bridgehead atoms. The molecular formula is C9H18N2O4. The number of aliphatic hydroxyl groups excluding tert-OH is 1. The molecule has 0 amide bonds. The predicted molar refractivity (Wildman–Crippen MR) is 51.7 cm³/mol. The van der Waals surface area contributed by atoms with Crippen molar-refractivity contribution in [2.75, 3.05) is 6.54 Å². The lowest BCUT2D eigenvalue weighted by Gasteiger charge is -2.25. The SMILES string of the molecule is CC1(C)O[C@H]2O[C@H]([C@H](O)CN)[C@@H](N)[C@H]2O1. The first kappa shape index (κ1) is 11.3. The van der Waals surface area contributed by atoms with E-state index in [1.54, 1.807) is 13.8 Å². The van der Waals surface area contributed by atoms with Crippen LogP contribution < -0.4 is 11.5 Å². The van der Waals surface area contributed by atoms with Gasteiger partial charge in [0, 0.05) is 6.54 Å². The molecule has 6 heteroatoms. The van der Waals surface area contributed by atoms with Crippen molar-refractivity contribution < 1.29 is 19.3 Å². The van der Waals surface area contributed by atoms with E-state index in [1.807, 2.05) is 0 Å². The zero-order valence-electron chi connectivity index (χ0n) is 8.92. The number of ether oxygens (including phenoxy) is 3. The number of nitrogens with two attached hydrogens (primary N) is 2. The Kier molecular flexibility index (Phi) is 2.74. The number of rotatable bonds is 2. The third kappa shape index (κ3) is 1.89. The smallest absolute Gasteiger partial charge is 0.189 e. The summed E-state index contributed by atoms with van der Waals surface area (Å²) in [6.45, 7) is 3.72. The van der Waals surface area contributed by atoms with Crippen LogP contribution in [0, 0.1) is 0 Å². The highest BCUT2D eigenvalue weighted by Crippen LogP contribution is 2.37. The molecule has 0 spiro atoms. The molecule has 2 heterocycles. The maximum Gasteiger partial charge on any atom is 0.189 e. The molecular weight excluding hydrogens is 200 g/mol. The molecule has 0 aliphatic carbocycles. The molecule has 0 radical (unpaired) electrons. The van der Waals surface area contributed by atoms with Crippen molar-refractivity contribution in [1.82, 2.24) is 0 Å². The average Bonchev–Trinajstić information content (AvgIpc) is 2.60. The topological polar surface area (TPSA) is 100.0 Å². The Balaban J connectivity index is 2.05. The third-order valence-electron chi connectivity index (χ3n) is 2.76. The summed E-state index contributed by atoms with van der Waals surface area (Å²) in [6, 6.07) is -0.407. The molecule has 0 unspecified atom stereocenters. The first-order valence-corrected chi connectivity index (χ1v) is 5.09. The van der Waals surface area contributed by atoms with Crippen molar-refractivity contribution >= 4 is 0 Å². The molecule has 6 nitrogen and oxygen atoms in total. The van der Waals surface area contributed by atoms with E-state index in [0.717, 1.165) is 0 Å². The Morgan fingerprint density at radius 1 is 1.40 bits per heavy atom. The van der Waals surface area contributed by atoms with Gasteiger partial charge in [-0.05, 0) is 13.8 Å². The van der Waals surface area contributed by atoms with Gasteiger partial charge in [0.1, 0.15) is 12.2 Å². The molecule has 0 saturated carbocycles. The van der Waals surface area contributed by atoms with Crippen LogP contribution in [0.2, 0.25) is 0 Å². The second-order valence-corrected chi connectivity index (χ2v) is 4.45. The standard InChI is InChI=1S/C9H18N2O4/c1-9(2)14-7-5(11)6(4(12)3-10)13-8(7)15-9/h4-8,12H,3,10-11H2,1-2H3/t4-,5-,6-,7-,8-/m1/s1. The van der Waals surface area contributed by atoms with Gasteiger partial charge in [-0.3, -0.25) is 0 Å². The van der Waals surface area contributed by atoms with Crippen molar-refractivity contribution in [3.63, 3.8) is 0 Å². The summed E-state index contributed by atoms with van der Waals surface area (Å²) in [5, 5.41) is 9.57. The summed E-state index contributed by atoms with van der Waals surface area (Å²) in [7, 11) is 0. The van der Waals surface area contributed by atoms with Gasteiger partial charge in [-0.15, -0.1) is 0 Å². The Morgan fingerprint density at radius 3 is 2.60 bits per heavy atom. The van der Waals surface area contributed by atoms with Crippen LogP contribution in [0.25, 0.3) is 0 Å².